The molecule has 14 rings (SSSR count). The van der Waals surface area contributed by atoms with Crippen LogP contribution >= 0.6 is 0 Å². The first kappa shape index (κ1) is 40.0. The van der Waals surface area contributed by atoms with Crippen molar-refractivity contribution in [3.63, 3.8) is 0 Å². The fraction of sp³-hybridized carbons (Fsp3) is 0. The van der Waals surface area contributed by atoms with Crippen molar-refractivity contribution in [1.82, 2.24) is 9.13 Å². The fourth-order valence-electron chi connectivity index (χ4n) is 11.6. The van der Waals surface area contributed by atoms with Gasteiger partial charge in [-0.1, -0.05) is 206 Å². The Morgan fingerprint density at radius 3 is 1.44 bits per heavy atom. The van der Waals surface area contributed by atoms with Crippen molar-refractivity contribution in [2.75, 3.05) is 4.81 Å². The lowest BCUT2D eigenvalue weighted by Crippen LogP contribution is -2.57. The highest BCUT2D eigenvalue weighted by Crippen LogP contribution is 2.45. The third kappa shape index (κ3) is 6.31. The third-order valence-corrected chi connectivity index (χ3v) is 14.6. The van der Waals surface area contributed by atoms with Gasteiger partial charge in [-0.15, -0.1) is 0 Å². The molecule has 0 spiro atoms. The van der Waals surface area contributed by atoms with E-state index in [0.717, 1.165) is 17.1 Å². The Bertz CT molecular complexity index is 4080. The van der Waals surface area contributed by atoms with Crippen LogP contribution in [0.25, 0.3) is 99.5 Å². The molecule has 0 radical (unpaired) electrons. The minimum Gasteiger partial charge on any atom is -0.376 e. The zero-order chi connectivity index (χ0) is 46.1. The second kappa shape index (κ2) is 16.3. The van der Waals surface area contributed by atoms with Gasteiger partial charge in [-0.3, -0.25) is 0 Å². The maximum atomic E-state index is 2.54. The molecule has 4 heteroatoms. The SMILES string of the molecule is c1ccc(B2c3ccccc3-c3ccccc3N2c2cccc(-n3c4ccccc4c4cc(-n5c6ccccc6c6cc(-c7c(-c8ccccc8)cccc7-c7ccccc7)ccc65)ccc43)c2)cc1. The van der Waals surface area contributed by atoms with Crippen LogP contribution in [0.5, 0.6) is 0 Å². The summed E-state index contributed by atoms with van der Waals surface area (Å²) in [6, 6.07) is 98.0. The minimum absolute atomic E-state index is 0.00456. The van der Waals surface area contributed by atoms with Gasteiger partial charge in [-0.05, 0) is 111 Å². The van der Waals surface area contributed by atoms with Gasteiger partial charge in [-0.2, -0.15) is 0 Å². The van der Waals surface area contributed by atoms with Gasteiger partial charge in [0.1, 0.15) is 0 Å². The standard InChI is InChI=1S/C66H44BN3/c1-4-20-45(21-5-1)52-32-19-33-53(46-22-6-2-7-23-46)66(52)47-38-40-63-58(42-47)56-30-11-15-35-61(56)69(63)50-39-41-64-59(44-50)57-31-12-16-36-62(57)68(64)49-26-18-27-51(43-49)70-65-37-17-13-29-55(65)54-28-10-14-34-60(54)67(70)48-24-8-3-9-25-48/h1-44H. The molecule has 0 amide bonds. The molecule has 3 heterocycles. The Hall–Kier alpha value is -9.12. The van der Waals surface area contributed by atoms with Crippen molar-refractivity contribution in [2.45, 2.75) is 0 Å². The lowest BCUT2D eigenvalue weighted by molar-refractivity contribution is 1.16. The number of hydrogen-bond donors (Lipinski definition) is 0. The molecular formula is C66H44BN3. The van der Waals surface area contributed by atoms with Crippen LogP contribution in [0.2, 0.25) is 0 Å². The van der Waals surface area contributed by atoms with Crippen LogP contribution < -0.4 is 15.7 Å². The first-order valence-electron chi connectivity index (χ1n) is 24.2. The van der Waals surface area contributed by atoms with E-state index in [1.54, 1.807) is 0 Å². The summed E-state index contributed by atoms with van der Waals surface area (Å²) >= 11 is 0. The molecule has 2 aromatic heterocycles. The van der Waals surface area contributed by atoms with E-state index in [9.17, 15) is 0 Å². The van der Waals surface area contributed by atoms with Crippen LogP contribution in [0.4, 0.5) is 11.4 Å². The summed E-state index contributed by atoms with van der Waals surface area (Å²) < 4.78 is 4.91. The van der Waals surface area contributed by atoms with Crippen molar-refractivity contribution < 1.29 is 0 Å². The number of hydrogen-bond acceptors (Lipinski definition) is 1. The summed E-state index contributed by atoms with van der Waals surface area (Å²) in [6.45, 7) is -0.00456. The average Bonchev–Trinajstić information content (AvgIpc) is 3.95. The van der Waals surface area contributed by atoms with Crippen LogP contribution in [0.1, 0.15) is 0 Å². The van der Waals surface area contributed by atoms with E-state index in [1.807, 2.05) is 0 Å². The molecule has 0 atom stereocenters. The number of benzene rings is 11. The number of aromatic nitrogens is 2. The smallest absolute Gasteiger partial charge is 0.328 e. The summed E-state index contributed by atoms with van der Waals surface area (Å²) in [5, 5.41) is 4.89. The molecule has 326 valence electrons. The lowest BCUT2D eigenvalue weighted by Gasteiger charge is -2.39. The van der Waals surface area contributed by atoms with E-state index in [4.69, 9.17) is 0 Å². The molecule has 70 heavy (non-hydrogen) atoms. The van der Waals surface area contributed by atoms with Gasteiger partial charge >= 0.3 is 6.85 Å². The number of anilines is 2. The molecule has 0 aliphatic carbocycles. The van der Waals surface area contributed by atoms with Gasteiger partial charge in [0.25, 0.3) is 0 Å². The van der Waals surface area contributed by atoms with E-state index >= 15 is 0 Å². The van der Waals surface area contributed by atoms with Crippen LogP contribution in [0, 0.1) is 0 Å². The summed E-state index contributed by atoms with van der Waals surface area (Å²) in [6.07, 6.45) is 0. The molecule has 3 nitrogen and oxygen atoms in total. The Morgan fingerprint density at radius 1 is 0.271 bits per heavy atom. The summed E-state index contributed by atoms with van der Waals surface area (Å²) in [4.78, 5) is 2.54. The van der Waals surface area contributed by atoms with Gasteiger partial charge in [-0.25, -0.2) is 0 Å². The normalized spacial score (nSPS) is 12.2. The first-order valence-corrected chi connectivity index (χ1v) is 24.2. The fourth-order valence-corrected chi connectivity index (χ4v) is 11.6. The van der Waals surface area contributed by atoms with Gasteiger partial charge in [0.2, 0.25) is 0 Å². The first-order chi connectivity index (χ1) is 34.8. The minimum atomic E-state index is -0.00456. The number of fused-ring (bicyclic) bond motifs is 9. The molecule has 0 saturated heterocycles. The quantitative estimate of drug-likeness (QED) is 0.145. The Balaban J connectivity index is 0.930. The monoisotopic (exact) mass is 889 g/mol. The molecule has 0 fully saturated rings. The molecule has 0 saturated carbocycles. The summed E-state index contributed by atoms with van der Waals surface area (Å²) in [5.41, 5.74) is 21.7. The zero-order valence-electron chi connectivity index (χ0n) is 38.3. The Kier molecular flexibility index (Phi) is 9.31. The van der Waals surface area contributed by atoms with E-state index < -0.39 is 0 Å². The van der Waals surface area contributed by atoms with Crippen LogP contribution in [-0.4, -0.2) is 16.0 Å². The van der Waals surface area contributed by atoms with Crippen molar-refractivity contribution in [3.8, 4) is 55.9 Å². The van der Waals surface area contributed by atoms with Gasteiger partial charge in [0, 0.05) is 49.9 Å². The Labute approximate surface area is 407 Å². The highest BCUT2D eigenvalue weighted by molar-refractivity contribution is 6.90. The molecule has 0 N–H and O–H groups in total. The maximum absolute atomic E-state index is 2.54. The van der Waals surface area contributed by atoms with Gasteiger partial charge < -0.3 is 13.9 Å². The highest BCUT2D eigenvalue weighted by Gasteiger charge is 2.37. The average molecular weight is 890 g/mol. The maximum Gasteiger partial charge on any atom is 0.328 e. The molecular weight excluding hydrogens is 846 g/mol. The lowest BCUT2D eigenvalue weighted by atomic mass is 9.46. The van der Waals surface area contributed by atoms with Gasteiger partial charge in [0.15, 0.2) is 0 Å². The van der Waals surface area contributed by atoms with Crippen LogP contribution in [-0.2, 0) is 0 Å². The van der Waals surface area contributed by atoms with Crippen molar-refractivity contribution in [2.24, 2.45) is 0 Å². The van der Waals surface area contributed by atoms with Crippen molar-refractivity contribution in [3.05, 3.63) is 267 Å². The zero-order valence-corrected chi connectivity index (χ0v) is 38.3. The number of nitrogens with zero attached hydrogens (tertiary/aromatic N) is 3. The Morgan fingerprint density at radius 2 is 0.757 bits per heavy atom. The van der Waals surface area contributed by atoms with Crippen molar-refractivity contribution in [1.29, 1.82) is 0 Å². The number of rotatable bonds is 7. The second-order valence-electron chi connectivity index (χ2n) is 18.4. The van der Waals surface area contributed by atoms with E-state index in [1.165, 1.54) is 105 Å². The molecule has 13 aromatic rings. The van der Waals surface area contributed by atoms with Crippen molar-refractivity contribution >= 4 is 72.8 Å². The second-order valence-corrected chi connectivity index (χ2v) is 18.4. The topological polar surface area (TPSA) is 13.1 Å². The molecule has 1 aliphatic heterocycles. The molecule has 0 unspecified atom stereocenters. The van der Waals surface area contributed by atoms with E-state index in [2.05, 4.69) is 281 Å². The van der Waals surface area contributed by atoms with Crippen LogP contribution in [0.3, 0.4) is 0 Å². The van der Waals surface area contributed by atoms with Gasteiger partial charge in [0.05, 0.1) is 22.1 Å². The third-order valence-electron chi connectivity index (χ3n) is 14.6. The van der Waals surface area contributed by atoms with Crippen LogP contribution in [0.15, 0.2) is 267 Å². The van der Waals surface area contributed by atoms with E-state index in [0.29, 0.717) is 0 Å². The predicted octanol–water partition coefficient (Wildman–Crippen LogP) is 15.8. The molecule has 1 aliphatic rings. The largest absolute Gasteiger partial charge is 0.376 e. The summed E-state index contributed by atoms with van der Waals surface area (Å²) in [5.74, 6) is 0. The molecule has 11 aromatic carbocycles. The number of para-hydroxylation sites is 3. The summed E-state index contributed by atoms with van der Waals surface area (Å²) in [7, 11) is 0. The van der Waals surface area contributed by atoms with E-state index in [-0.39, 0.29) is 6.85 Å². The highest BCUT2D eigenvalue weighted by atomic mass is 15.1. The molecule has 0 bridgehead atoms. The predicted molar refractivity (Wildman–Crippen MR) is 297 cm³/mol.